The smallest absolute Gasteiger partial charge is 0.251 e. The summed E-state index contributed by atoms with van der Waals surface area (Å²) >= 11 is 0. The monoisotopic (exact) mass is 503 g/mol. The average molecular weight is 504 g/mol. The van der Waals surface area contributed by atoms with E-state index in [1.165, 1.54) is 6.92 Å². The highest BCUT2D eigenvalue weighted by Crippen LogP contribution is 2.32. The normalized spacial score (nSPS) is 15.2. The Balaban J connectivity index is 1.46. The maximum Gasteiger partial charge on any atom is 0.251 e. The van der Waals surface area contributed by atoms with Crippen LogP contribution in [0.25, 0.3) is 28.2 Å². The summed E-state index contributed by atoms with van der Waals surface area (Å²) < 4.78 is 11.2. The molecule has 37 heavy (non-hydrogen) atoms. The molecule has 1 aromatic carbocycles. The molecule has 0 aliphatic carbocycles. The van der Waals surface area contributed by atoms with Gasteiger partial charge in [-0.2, -0.15) is 5.26 Å². The van der Waals surface area contributed by atoms with Crippen LogP contribution < -0.4 is 10.1 Å². The summed E-state index contributed by atoms with van der Waals surface area (Å²) in [4.78, 5) is 21.4. The Hall–Kier alpha value is -3.71. The van der Waals surface area contributed by atoms with E-state index in [1.807, 2.05) is 36.7 Å². The molecule has 1 amide bonds. The van der Waals surface area contributed by atoms with Crippen molar-refractivity contribution in [1.82, 2.24) is 20.2 Å². The number of hydrogen-bond donors (Lipinski definition) is 3. The number of carbonyl (C=O) groups is 1. The fourth-order valence-corrected chi connectivity index (χ4v) is 4.43. The maximum absolute atomic E-state index is 12.0. The minimum Gasteiger partial charge on any atom is -0.489 e. The van der Waals surface area contributed by atoms with E-state index in [2.05, 4.69) is 33.5 Å². The van der Waals surface area contributed by atoms with Crippen LogP contribution in [0.2, 0.25) is 0 Å². The van der Waals surface area contributed by atoms with Gasteiger partial charge in [-0.05, 0) is 36.2 Å². The van der Waals surface area contributed by atoms with Crippen molar-refractivity contribution in [3.05, 3.63) is 53.9 Å². The number of aromatic amines is 1. The van der Waals surface area contributed by atoms with Crippen LogP contribution in [0.3, 0.4) is 0 Å². The molecule has 3 heterocycles. The maximum atomic E-state index is 12.0. The molecule has 0 radical (unpaired) electrons. The lowest BCUT2D eigenvalue weighted by Crippen LogP contribution is -2.45. The Morgan fingerprint density at radius 2 is 2.19 bits per heavy atom. The number of nitriles is 1. The first-order valence-corrected chi connectivity index (χ1v) is 12.5. The van der Waals surface area contributed by atoms with E-state index in [-0.39, 0.29) is 12.0 Å². The number of likely N-dealkylation sites (tertiary alicyclic amines) is 1. The third-order valence-corrected chi connectivity index (χ3v) is 6.42. The van der Waals surface area contributed by atoms with Gasteiger partial charge >= 0.3 is 0 Å². The highest BCUT2D eigenvalue weighted by atomic mass is 16.5. The van der Waals surface area contributed by atoms with Gasteiger partial charge < -0.3 is 29.8 Å². The number of aromatic nitrogens is 2. The fourth-order valence-electron chi connectivity index (χ4n) is 4.43. The van der Waals surface area contributed by atoms with Crippen LogP contribution in [0.1, 0.15) is 30.9 Å². The number of hydrogen-bond acceptors (Lipinski definition) is 7. The molecule has 9 heteroatoms. The molecule has 1 aliphatic rings. The number of piperidine rings is 1. The fraction of sp³-hybridized carbons (Fsp3) is 0.393. The van der Waals surface area contributed by atoms with Crippen LogP contribution in [0.5, 0.6) is 5.75 Å². The number of fused-ring (bicyclic) bond motifs is 1. The first kappa shape index (κ1) is 26.4. The zero-order valence-corrected chi connectivity index (χ0v) is 21.2. The molecule has 9 nitrogen and oxygen atoms in total. The largest absolute Gasteiger partial charge is 0.489 e. The second kappa shape index (κ2) is 12.5. The van der Waals surface area contributed by atoms with Crippen molar-refractivity contribution < 1.29 is 19.4 Å². The number of benzene rings is 1. The van der Waals surface area contributed by atoms with Crippen molar-refractivity contribution in [3.63, 3.8) is 0 Å². The quantitative estimate of drug-likeness (QED) is 0.363. The van der Waals surface area contributed by atoms with E-state index in [9.17, 15) is 15.2 Å². The predicted molar refractivity (Wildman–Crippen MR) is 142 cm³/mol. The van der Waals surface area contributed by atoms with Gasteiger partial charge in [0.1, 0.15) is 29.7 Å². The Morgan fingerprint density at radius 3 is 2.92 bits per heavy atom. The van der Waals surface area contributed by atoms with Gasteiger partial charge in [0, 0.05) is 69.5 Å². The molecule has 4 rings (SSSR count). The molecule has 1 aliphatic heterocycles. The lowest BCUT2D eigenvalue weighted by Gasteiger charge is -2.33. The van der Waals surface area contributed by atoms with E-state index >= 15 is 0 Å². The van der Waals surface area contributed by atoms with E-state index in [0.29, 0.717) is 43.9 Å². The third kappa shape index (κ3) is 6.54. The molecule has 1 fully saturated rings. The number of nitrogens with one attached hydrogen (secondary N) is 2. The summed E-state index contributed by atoms with van der Waals surface area (Å²) in [6.07, 6.45) is 8.03. The van der Waals surface area contributed by atoms with Crippen molar-refractivity contribution in [1.29, 1.82) is 5.26 Å². The summed E-state index contributed by atoms with van der Waals surface area (Å²) in [7, 11) is 1.68. The van der Waals surface area contributed by atoms with Crippen molar-refractivity contribution in [2.75, 3.05) is 39.9 Å². The molecule has 0 bridgehead atoms. The van der Waals surface area contributed by atoms with Crippen LogP contribution >= 0.6 is 0 Å². The topological polar surface area (TPSA) is 124 Å². The van der Waals surface area contributed by atoms with Crippen LogP contribution in [-0.2, 0) is 9.53 Å². The first-order valence-electron chi connectivity index (χ1n) is 12.5. The molecule has 0 saturated carbocycles. The second-order valence-electron chi connectivity index (χ2n) is 9.11. The van der Waals surface area contributed by atoms with Gasteiger partial charge in [0.2, 0.25) is 0 Å². The number of pyridine rings is 1. The van der Waals surface area contributed by atoms with E-state index < -0.39 is 6.10 Å². The van der Waals surface area contributed by atoms with Gasteiger partial charge in [0.25, 0.3) is 5.91 Å². The highest BCUT2D eigenvalue weighted by molar-refractivity contribution is 5.95. The predicted octanol–water partition coefficient (Wildman–Crippen LogP) is 3.10. The van der Waals surface area contributed by atoms with Crippen LogP contribution in [0, 0.1) is 11.3 Å². The molecular weight excluding hydrogens is 470 g/mol. The first-order chi connectivity index (χ1) is 18.0. The number of rotatable bonds is 10. The lowest BCUT2D eigenvalue weighted by atomic mass is 10.0. The van der Waals surface area contributed by atoms with Crippen molar-refractivity contribution in [2.45, 2.75) is 32.0 Å². The number of nitrogens with zero attached hydrogens (tertiary/aromatic N) is 3. The third-order valence-electron chi connectivity index (χ3n) is 6.42. The summed E-state index contributed by atoms with van der Waals surface area (Å²) in [5.41, 5.74) is 4.09. The summed E-state index contributed by atoms with van der Waals surface area (Å²) in [5, 5.41) is 23.6. The number of carbonyl (C=O) groups excluding carboxylic acids is 1. The van der Waals surface area contributed by atoms with Crippen molar-refractivity contribution in [2.24, 2.45) is 0 Å². The molecule has 1 atom stereocenters. The summed E-state index contributed by atoms with van der Waals surface area (Å²) in [6.45, 7) is 4.74. The Morgan fingerprint density at radius 1 is 1.38 bits per heavy atom. The van der Waals surface area contributed by atoms with Gasteiger partial charge in [-0.3, -0.25) is 4.79 Å². The molecule has 0 unspecified atom stereocenters. The minimum atomic E-state index is -0.995. The summed E-state index contributed by atoms with van der Waals surface area (Å²) in [5.74, 6) is 0.278. The molecule has 1 saturated heterocycles. The molecule has 3 N–H and O–H groups in total. The molecule has 0 spiro atoms. The summed E-state index contributed by atoms with van der Waals surface area (Å²) in [6, 6.07) is 9.97. The van der Waals surface area contributed by atoms with Crippen LogP contribution in [0.4, 0.5) is 0 Å². The van der Waals surface area contributed by atoms with E-state index in [1.54, 1.807) is 12.0 Å². The van der Waals surface area contributed by atoms with Gasteiger partial charge in [-0.15, -0.1) is 0 Å². The Bertz CT molecular complexity index is 1290. The van der Waals surface area contributed by atoms with Gasteiger partial charge in [0.15, 0.2) is 0 Å². The molecular formula is C28H33N5O4. The average Bonchev–Trinajstić information content (AvgIpc) is 3.34. The van der Waals surface area contributed by atoms with Crippen LogP contribution in [0.15, 0.2) is 42.7 Å². The van der Waals surface area contributed by atoms with Gasteiger partial charge in [0.05, 0.1) is 12.2 Å². The molecule has 3 aromatic rings. The van der Waals surface area contributed by atoms with Crippen molar-refractivity contribution >= 4 is 23.0 Å². The number of amides is 1. The van der Waals surface area contributed by atoms with E-state index in [0.717, 1.165) is 40.8 Å². The minimum absolute atomic E-state index is 0.0911. The molecule has 194 valence electrons. The highest BCUT2D eigenvalue weighted by Gasteiger charge is 2.26. The SMILES string of the molecule is COCCNC/C=C/c1cnc2[nH]cc(-c3ccc(OC4CCN(C(=O)[C@H](C)O)CC4)c(C#N)c3)c2c1. The number of aliphatic hydroxyl groups is 1. The number of ether oxygens (including phenoxy) is 2. The van der Waals surface area contributed by atoms with Gasteiger partial charge in [-0.1, -0.05) is 18.2 Å². The number of H-pyrrole nitrogens is 1. The lowest BCUT2D eigenvalue weighted by molar-refractivity contribution is -0.141. The van der Waals surface area contributed by atoms with Crippen LogP contribution in [-0.4, -0.2) is 78.0 Å². The molecule has 2 aromatic heterocycles. The Kier molecular flexibility index (Phi) is 8.90. The zero-order valence-electron chi connectivity index (χ0n) is 21.2. The standard InChI is InChI=1S/C28H33N5O4/c1-19(34)28(35)33-11-7-23(8-12-33)37-26-6-5-21(15-22(26)16-29)25-18-32-27-24(25)14-20(17-31-27)4-3-9-30-10-13-36-2/h3-6,14-15,17-19,23,30,34H,7-13H2,1-2H3,(H,31,32)/b4-3+/t19-/m0/s1. The van der Waals surface area contributed by atoms with Crippen molar-refractivity contribution in [3.8, 4) is 22.9 Å². The second-order valence-corrected chi connectivity index (χ2v) is 9.11. The Labute approximate surface area is 216 Å². The van der Waals surface area contributed by atoms with Gasteiger partial charge in [-0.25, -0.2) is 4.98 Å². The number of aliphatic hydroxyl groups excluding tert-OH is 1. The number of methoxy groups -OCH3 is 1. The van der Waals surface area contributed by atoms with E-state index in [4.69, 9.17) is 9.47 Å². The zero-order chi connectivity index (χ0) is 26.2.